The number of amides is 1. The molecule has 0 saturated heterocycles. The van der Waals surface area contributed by atoms with Crippen LogP contribution >= 0.6 is 0 Å². The van der Waals surface area contributed by atoms with Crippen LogP contribution in [-0.4, -0.2) is 25.0 Å². The molecule has 1 heterocycles. The zero-order chi connectivity index (χ0) is 14.7. The maximum Gasteiger partial charge on any atom is 0.236 e. The Bertz CT molecular complexity index is 485. The summed E-state index contributed by atoms with van der Waals surface area (Å²) in [5, 5.41) is 3.50. The molecule has 0 spiro atoms. The van der Waals surface area contributed by atoms with E-state index < -0.39 is 0 Å². The average Bonchev–Trinajstić information content (AvgIpc) is 2.36. The number of anilines is 2. The molecule has 1 atom stereocenters. The van der Waals surface area contributed by atoms with Gasteiger partial charge in [-0.25, -0.2) is 0 Å². The molecule has 0 bridgehead atoms. The van der Waals surface area contributed by atoms with E-state index in [-0.39, 0.29) is 12.5 Å². The Morgan fingerprint density at radius 3 is 2.90 bits per heavy atom. The van der Waals surface area contributed by atoms with Gasteiger partial charge in [0, 0.05) is 24.0 Å². The summed E-state index contributed by atoms with van der Waals surface area (Å²) in [7, 11) is 0. The van der Waals surface area contributed by atoms with Crippen LogP contribution in [0.3, 0.4) is 0 Å². The predicted molar refractivity (Wildman–Crippen MR) is 84.1 cm³/mol. The zero-order valence-corrected chi connectivity index (χ0v) is 12.6. The summed E-state index contributed by atoms with van der Waals surface area (Å²) < 4.78 is 0. The average molecular weight is 275 g/mol. The summed E-state index contributed by atoms with van der Waals surface area (Å²) >= 11 is 0. The van der Waals surface area contributed by atoms with Crippen molar-refractivity contribution in [2.75, 3.05) is 23.3 Å². The van der Waals surface area contributed by atoms with Gasteiger partial charge in [0.2, 0.25) is 5.91 Å². The zero-order valence-electron chi connectivity index (χ0n) is 12.6. The van der Waals surface area contributed by atoms with E-state index >= 15 is 0 Å². The van der Waals surface area contributed by atoms with Crippen LogP contribution in [0.2, 0.25) is 0 Å². The highest BCUT2D eigenvalue weighted by Gasteiger charge is 2.17. The van der Waals surface area contributed by atoms with Crippen molar-refractivity contribution in [3.63, 3.8) is 0 Å². The Hall–Kier alpha value is -1.71. The molecule has 1 aromatic rings. The van der Waals surface area contributed by atoms with E-state index in [9.17, 15) is 4.79 Å². The highest BCUT2D eigenvalue weighted by molar-refractivity contribution is 5.80. The summed E-state index contributed by atoms with van der Waals surface area (Å²) in [6, 6.07) is 6.93. The number of nitrogens with two attached hydrogens (primary N) is 1. The van der Waals surface area contributed by atoms with Gasteiger partial charge in [0.15, 0.2) is 0 Å². The van der Waals surface area contributed by atoms with Crippen LogP contribution in [0.4, 0.5) is 11.4 Å². The predicted octanol–water partition coefficient (Wildman–Crippen LogP) is 2.38. The van der Waals surface area contributed by atoms with Gasteiger partial charge in [-0.15, -0.1) is 0 Å². The van der Waals surface area contributed by atoms with E-state index in [1.165, 1.54) is 11.3 Å². The molecule has 4 nitrogen and oxygen atoms in total. The first-order valence-corrected chi connectivity index (χ1v) is 7.38. The van der Waals surface area contributed by atoms with Crippen molar-refractivity contribution in [1.82, 2.24) is 0 Å². The molecule has 3 N–H and O–H groups in total. The summed E-state index contributed by atoms with van der Waals surface area (Å²) in [5.41, 5.74) is 9.01. The first-order valence-electron chi connectivity index (χ1n) is 7.38. The number of hydrogen-bond acceptors (Lipinski definition) is 3. The number of nitrogens with one attached hydrogen (secondary N) is 1. The fourth-order valence-electron chi connectivity index (χ4n) is 2.72. The number of rotatable bonds is 5. The van der Waals surface area contributed by atoms with Crippen molar-refractivity contribution in [2.24, 2.45) is 11.7 Å². The molecule has 0 saturated carbocycles. The van der Waals surface area contributed by atoms with E-state index in [0.29, 0.717) is 12.0 Å². The third kappa shape index (κ3) is 3.65. The molecule has 1 unspecified atom stereocenters. The van der Waals surface area contributed by atoms with Crippen LogP contribution in [-0.2, 0) is 11.2 Å². The fourth-order valence-corrected chi connectivity index (χ4v) is 2.72. The first-order chi connectivity index (χ1) is 9.45. The van der Waals surface area contributed by atoms with Crippen LogP contribution in [0.15, 0.2) is 18.2 Å². The maximum absolute atomic E-state index is 11.3. The Morgan fingerprint density at radius 2 is 2.25 bits per heavy atom. The number of hydrogen-bond donors (Lipinski definition) is 2. The Labute approximate surface area is 121 Å². The molecular weight excluding hydrogens is 250 g/mol. The molecule has 2 rings (SSSR count). The molecule has 1 amide bonds. The second kappa shape index (κ2) is 6.16. The summed E-state index contributed by atoms with van der Waals surface area (Å²) in [6.07, 6.45) is 2.24. The summed E-state index contributed by atoms with van der Waals surface area (Å²) in [5.74, 6) is 0.207. The van der Waals surface area contributed by atoms with E-state index in [0.717, 1.165) is 25.1 Å². The Morgan fingerprint density at radius 1 is 1.50 bits per heavy atom. The number of aryl methyl sites for hydroxylation is 1. The Kier molecular flexibility index (Phi) is 4.53. The highest BCUT2D eigenvalue weighted by atomic mass is 16.1. The summed E-state index contributed by atoms with van der Waals surface area (Å²) in [4.78, 5) is 13.3. The molecular formula is C16H25N3O. The van der Waals surface area contributed by atoms with Crippen LogP contribution in [0, 0.1) is 5.92 Å². The van der Waals surface area contributed by atoms with Crippen molar-refractivity contribution >= 4 is 17.3 Å². The normalized spacial score (nSPS) is 17.5. The van der Waals surface area contributed by atoms with E-state index in [1.807, 2.05) is 0 Å². The standard InChI is InChI=1S/C16H25N3O/c1-11(2)9-19(10-16(17)20)14-6-7-15-13(8-14)5-4-12(3)18-15/h6-8,11-12,18H,4-5,9-10H2,1-3H3,(H2,17,20). The number of primary amides is 1. The van der Waals surface area contributed by atoms with Gasteiger partial charge in [0.1, 0.15) is 0 Å². The van der Waals surface area contributed by atoms with Gasteiger partial charge in [-0.1, -0.05) is 13.8 Å². The number of fused-ring (bicyclic) bond motifs is 1. The third-order valence-corrected chi connectivity index (χ3v) is 3.63. The van der Waals surface area contributed by atoms with Gasteiger partial charge in [-0.2, -0.15) is 0 Å². The van der Waals surface area contributed by atoms with E-state index in [1.54, 1.807) is 0 Å². The van der Waals surface area contributed by atoms with Gasteiger partial charge < -0.3 is 16.0 Å². The second-order valence-electron chi connectivity index (χ2n) is 6.17. The fraction of sp³-hybridized carbons (Fsp3) is 0.562. The molecule has 20 heavy (non-hydrogen) atoms. The number of benzene rings is 1. The van der Waals surface area contributed by atoms with Gasteiger partial charge in [-0.3, -0.25) is 4.79 Å². The monoisotopic (exact) mass is 275 g/mol. The van der Waals surface area contributed by atoms with Gasteiger partial charge in [-0.05, 0) is 49.4 Å². The van der Waals surface area contributed by atoms with Crippen LogP contribution in [0.1, 0.15) is 32.8 Å². The smallest absolute Gasteiger partial charge is 0.236 e. The van der Waals surface area contributed by atoms with Crippen molar-refractivity contribution in [2.45, 2.75) is 39.7 Å². The van der Waals surface area contributed by atoms with E-state index in [4.69, 9.17) is 5.73 Å². The molecule has 0 aliphatic carbocycles. The first kappa shape index (κ1) is 14.7. The topological polar surface area (TPSA) is 58.4 Å². The second-order valence-corrected chi connectivity index (χ2v) is 6.17. The van der Waals surface area contributed by atoms with Crippen LogP contribution in [0.5, 0.6) is 0 Å². The molecule has 0 radical (unpaired) electrons. The molecule has 4 heteroatoms. The molecule has 1 aromatic carbocycles. The molecule has 0 aromatic heterocycles. The van der Waals surface area contributed by atoms with E-state index in [2.05, 4.69) is 49.2 Å². The third-order valence-electron chi connectivity index (χ3n) is 3.63. The van der Waals surface area contributed by atoms with Crippen LogP contribution < -0.4 is 16.0 Å². The largest absolute Gasteiger partial charge is 0.382 e. The van der Waals surface area contributed by atoms with Gasteiger partial charge >= 0.3 is 0 Å². The number of carbonyl (C=O) groups excluding carboxylic acids is 1. The molecule has 1 aliphatic rings. The minimum atomic E-state index is -0.282. The SMILES string of the molecule is CC(C)CN(CC(N)=O)c1ccc2c(c1)CCC(C)N2. The minimum absolute atomic E-state index is 0.279. The lowest BCUT2D eigenvalue weighted by Crippen LogP contribution is -2.36. The quantitative estimate of drug-likeness (QED) is 0.867. The lowest BCUT2D eigenvalue weighted by Gasteiger charge is -2.29. The maximum atomic E-state index is 11.3. The van der Waals surface area contributed by atoms with Gasteiger partial charge in [0.05, 0.1) is 6.54 Å². The van der Waals surface area contributed by atoms with Crippen molar-refractivity contribution < 1.29 is 4.79 Å². The highest BCUT2D eigenvalue weighted by Crippen LogP contribution is 2.29. The molecule has 1 aliphatic heterocycles. The molecule has 0 fully saturated rings. The lowest BCUT2D eigenvalue weighted by atomic mass is 9.98. The van der Waals surface area contributed by atoms with Gasteiger partial charge in [0.25, 0.3) is 0 Å². The number of carbonyl (C=O) groups is 1. The number of nitrogens with zero attached hydrogens (tertiary/aromatic N) is 1. The van der Waals surface area contributed by atoms with Crippen molar-refractivity contribution in [1.29, 1.82) is 0 Å². The van der Waals surface area contributed by atoms with Crippen molar-refractivity contribution in [3.8, 4) is 0 Å². The lowest BCUT2D eigenvalue weighted by molar-refractivity contribution is -0.116. The molecule has 110 valence electrons. The summed E-state index contributed by atoms with van der Waals surface area (Å²) in [6.45, 7) is 7.62. The Balaban J connectivity index is 2.22. The minimum Gasteiger partial charge on any atom is -0.382 e. The van der Waals surface area contributed by atoms with Crippen molar-refractivity contribution in [3.05, 3.63) is 23.8 Å². The van der Waals surface area contributed by atoms with Crippen LogP contribution in [0.25, 0.3) is 0 Å².